The molecule has 5 heteroatoms. The van der Waals surface area contributed by atoms with Crippen LogP contribution in [-0.4, -0.2) is 13.2 Å². The predicted octanol–water partition coefficient (Wildman–Crippen LogP) is 8.29. The number of hydrogen-bond donors (Lipinski definition) is 0. The first kappa shape index (κ1) is 25.1. The average Bonchev–Trinajstić information content (AvgIpc) is 2.85. The molecule has 0 saturated heterocycles. The maximum absolute atomic E-state index is 14.8. The molecule has 4 rings (SSSR count). The largest absolute Gasteiger partial charge is 0.490 e. The van der Waals surface area contributed by atoms with Crippen LogP contribution in [0, 0.1) is 29.3 Å². The fourth-order valence-corrected chi connectivity index (χ4v) is 5.56. The lowest BCUT2D eigenvalue weighted by molar-refractivity contribution is 0.131. The fourth-order valence-electron chi connectivity index (χ4n) is 5.56. The first-order valence-electron chi connectivity index (χ1n) is 12.9. The van der Waals surface area contributed by atoms with Crippen LogP contribution in [0.15, 0.2) is 30.3 Å². The lowest BCUT2D eigenvalue weighted by Gasteiger charge is -2.29. The Morgan fingerprint density at radius 1 is 0.824 bits per heavy atom. The lowest BCUT2D eigenvalue weighted by Crippen LogP contribution is -2.20. The van der Waals surface area contributed by atoms with Gasteiger partial charge in [0, 0.05) is 12.2 Å². The molecule has 0 aliphatic heterocycles. The van der Waals surface area contributed by atoms with Gasteiger partial charge in [0.1, 0.15) is 5.82 Å². The summed E-state index contributed by atoms with van der Waals surface area (Å²) in [5, 5.41) is 0. The SMILES string of the molecule is CCOCc1ccc(C2CCC(COc3ccc(C4CCC(C)CC4)c(F)c3F)CC2)cc1F. The second-order valence-electron chi connectivity index (χ2n) is 10.3. The quantitative estimate of drug-likeness (QED) is 0.383. The highest BCUT2D eigenvalue weighted by molar-refractivity contribution is 5.33. The van der Waals surface area contributed by atoms with Crippen LogP contribution in [0.5, 0.6) is 5.75 Å². The van der Waals surface area contributed by atoms with Crippen molar-refractivity contribution < 1.29 is 22.6 Å². The molecule has 2 aromatic carbocycles. The maximum Gasteiger partial charge on any atom is 0.200 e. The monoisotopic (exact) mass is 474 g/mol. The third-order valence-corrected chi connectivity index (χ3v) is 7.86. The van der Waals surface area contributed by atoms with Crippen molar-refractivity contribution in [2.24, 2.45) is 11.8 Å². The first-order valence-corrected chi connectivity index (χ1v) is 12.9. The van der Waals surface area contributed by atoms with Gasteiger partial charge >= 0.3 is 0 Å². The first-order chi connectivity index (χ1) is 16.5. The predicted molar refractivity (Wildman–Crippen MR) is 129 cm³/mol. The van der Waals surface area contributed by atoms with Gasteiger partial charge in [0.15, 0.2) is 11.6 Å². The van der Waals surface area contributed by atoms with E-state index >= 15 is 0 Å². The van der Waals surface area contributed by atoms with Gasteiger partial charge in [-0.2, -0.15) is 4.39 Å². The summed E-state index contributed by atoms with van der Waals surface area (Å²) in [5.74, 6) is -0.407. The zero-order chi connectivity index (χ0) is 24.1. The Morgan fingerprint density at radius 3 is 2.21 bits per heavy atom. The molecule has 2 nitrogen and oxygen atoms in total. The molecule has 0 radical (unpaired) electrons. The van der Waals surface area contributed by atoms with Crippen molar-refractivity contribution >= 4 is 0 Å². The molecular formula is C29H37F3O2. The molecule has 0 amide bonds. The Bertz CT molecular complexity index is 945. The molecule has 0 atom stereocenters. The van der Waals surface area contributed by atoms with E-state index in [0.717, 1.165) is 56.9 Å². The minimum atomic E-state index is -0.854. The second-order valence-corrected chi connectivity index (χ2v) is 10.3. The smallest absolute Gasteiger partial charge is 0.200 e. The highest BCUT2D eigenvalue weighted by Gasteiger charge is 2.27. The second kappa shape index (κ2) is 11.6. The molecule has 0 heterocycles. The van der Waals surface area contributed by atoms with Crippen LogP contribution in [0.1, 0.15) is 93.7 Å². The molecule has 0 bridgehead atoms. The van der Waals surface area contributed by atoms with Crippen molar-refractivity contribution in [1.82, 2.24) is 0 Å². The molecule has 2 aromatic rings. The van der Waals surface area contributed by atoms with Gasteiger partial charge in [-0.15, -0.1) is 0 Å². The number of hydrogen-bond acceptors (Lipinski definition) is 2. The van der Waals surface area contributed by atoms with Gasteiger partial charge in [-0.25, -0.2) is 8.78 Å². The van der Waals surface area contributed by atoms with Crippen molar-refractivity contribution in [3.8, 4) is 5.75 Å². The van der Waals surface area contributed by atoms with Crippen molar-refractivity contribution in [2.45, 2.75) is 83.7 Å². The molecular weight excluding hydrogens is 437 g/mol. The van der Waals surface area contributed by atoms with Crippen LogP contribution in [0.3, 0.4) is 0 Å². The summed E-state index contributed by atoms with van der Waals surface area (Å²) in [7, 11) is 0. The maximum atomic E-state index is 14.8. The molecule has 0 aromatic heterocycles. The van der Waals surface area contributed by atoms with Crippen LogP contribution < -0.4 is 4.74 Å². The van der Waals surface area contributed by atoms with E-state index in [1.165, 1.54) is 0 Å². The van der Waals surface area contributed by atoms with Gasteiger partial charge in [0.05, 0.1) is 13.2 Å². The zero-order valence-electron chi connectivity index (χ0n) is 20.4. The Morgan fingerprint density at radius 2 is 1.53 bits per heavy atom. The van der Waals surface area contributed by atoms with Crippen molar-refractivity contribution in [3.63, 3.8) is 0 Å². The Hall–Kier alpha value is -2.01. The number of ether oxygens (including phenoxy) is 2. The minimum absolute atomic E-state index is 0.0134. The molecule has 2 saturated carbocycles. The number of benzene rings is 2. The standard InChI is InChI=1S/C29H37F3O2/c1-3-33-18-24-13-12-23(16-26(24)30)21-10-6-20(7-11-21)17-34-27-15-14-25(28(31)29(27)32)22-8-4-19(2)5-9-22/h12-16,19-22H,3-11,17-18H2,1-2H3. The summed E-state index contributed by atoms with van der Waals surface area (Å²) < 4.78 is 55.0. The topological polar surface area (TPSA) is 18.5 Å². The number of halogens is 3. The van der Waals surface area contributed by atoms with Crippen LogP contribution in [-0.2, 0) is 11.3 Å². The third kappa shape index (κ3) is 5.97. The van der Waals surface area contributed by atoms with E-state index in [1.54, 1.807) is 18.2 Å². The average molecular weight is 475 g/mol. The Balaban J connectivity index is 1.29. The molecule has 0 N–H and O–H groups in total. The zero-order valence-corrected chi connectivity index (χ0v) is 20.4. The van der Waals surface area contributed by atoms with E-state index in [0.29, 0.717) is 48.7 Å². The molecule has 186 valence electrons. The lowest BCUT2D eigenvalue weighted by atomic mass is 9.79. The van der Waals surface area contributed by atoms with Gasteiger partial charge in [-0.3, -0.25) is 0 Å². The number of rotatable bonds is 8. The van der Waals surface area contributed by atoms with Crippen LogP contribution >= 0.6 is 0 Å². The fraction of sp³-hybridized carbons (Fsp3) is 0.586. The van der Waals surface area contributed by atoms with E-state index in [4.69, 9.17) is 9.47 Å². The van der Waals surface area contributed by atoms with Crippen molar-refractivity contribution in [1.29, 1.82) is 0 Å². The highest BCUT2D eigenvalue weighted by Crippen LogP contribution is 2.39. The summed E-state index contributed by atoms with van der Waals surface area (Å²) >= 11 is 0. The molecule has 0 unspecified atom stereocenters. The summed E-state index contributed by atoms with van der Waals surface area (Å²) in [6.07, 6.45) is 7.70. The summed E-state index contributed by atoms with van der Waals surface area (Å²) in [4.78, 5) is 0. The third-order valence-electron chi connectivity index (χ3n) is 7.86. The van der Waals surface area contributed by atoms with Crippen LogP contribution in [0.25, 0.3) is 0 Å². The Labute approximate surface area is 201 Å². The molecule has 0 spiro atoms. The highest BCUT2D eigenvalue weighted by atomic mass is 19.2. The summed E-state index contributed by atoms with van der Waals surface area (Å²) in [5.41, 5.74) is 2.11. The van der Waals surface area contributed by atoms with E-state index in [1.807, 2.05) is 19.1 Å². The van der Waals surface area contributed by atoms with Crippen LogP contribution in [0.2, 0.25) is 0 Å². The molecule has 34 heavy (non-hydrogen) atoms. The van der Waals surface area contributed by atoms with Crippen molar-refractivity contribution in [3.05, 3.63) is 64.5 Å². The van der Waals surface area contributed by atoms with E-state index in [2.05, 4.69) is 6.92 Å². The van der Waals surface area contributed by atoms with Gasteiger partial charge < -0.3 is 9.47 Å². The van der Waals surface area contributed by atoms with Crippen LogP contribution in [0.4, 0.5) is 13.2 Å². The normalized spacial score (nSPS) is 25.3. The molecule has 2 fully saturated rings. The van der Waals surface area contributed by atoms with Crippen molar-refractivity contribution in [2.75, 3.05) is 13.2 Å². The molecule has 2 aliphatic rings. The summed E-state index contributed by atoms with van der Waals surface area (Å²) in [6, 6.07) is 8.79. The van der Waals surface area contributed by atoms with Gasteiger partial charge in [0.2, 0.25) is 5.82 Å². The Kier molecular flexibility index (Phi) is 8.57. The van der Waals surface area contributed by atoms with Gasteiger partial charge in [0.25, 0.3) is 0 Å². The minimum Gasteiger partial charge on any atom is -0.490 e. The van der Waals surface area contributed by atoms with E-state index in [9.17, 15) is 13.2 Å². The molecule has 2 aliphatic carbocycles. The summed E-state index contributed by atoms with van der Waals surface area (Å²) in [6.45, 7) is 5.35. The van der Waals surface area contributed by atoms with Gasteiger partial charge in [-0.1, -0.05) is 38.0 Å². The van der Waals surface area contributed by atoms with Gasteiger partial charge in [-0.05, 0) is 92.4 Å². The van der Waals surface area contributed by atoms with E-state index in [-0.39, 0.29) is 17.5 Å². The van der Waals surface area contributed by atoms with E-state index < -0.39 is 11.6 Å².